The molecule has 0 saturated carbocycles. The number of nitrogens with one attached hydrogen (secondary N) is 1. The van der Waals surface area contributed by atoms with E-state index in [-0.39, 0.29) is 10.6 Å². The number of nitrogens with zero attached hydrogens (tertiary/aromatic N) is 2. The van der Waals surface area contributed by atoms with Crippen molar-refractivity contribution in [2.45, 2.75) is 33.2 Å². The molecular weight excluding hydrogens is 305 g/mol. The van der Waals surface area contributed by atoms with Gasteiger partial charge in [0.2, 0.25) is 0 Å². The van der Waals surface area contributed by atoms with E-state index in [4.69, 9.17) is 11.6 Å². The van der Waals surface area contributed by atoms with E-state index in [1.54, 1.807) is 19.2 Å². The van der Waals surface area contributed by atoms with Crippen molar-refractivity contribution in [1.29, 1.82) is 0 Å². The SMILES string of the molecule is CCc1nccn1CCCNC(=O)c1c(F)ccc(C)c1Cl. The van der Waals surface area contributed by atoms with Gasteiger partial charge in [-0.1, -0.05) is 24.6 Å². The second-order valence-corrected chi connectivity index (χ2v) is 5.43. The third-order valence-corrected chi connectivity index (χ3v) is 3.98. The number of hydrogen-bond donors (Lipinski definition) is 1. The first-order valence-electron chi connectivity index (χ1n) is 7.27. The molecule has 1 N–H and O–H groups in total. The molecule has 1 aromatic heterocycles. The van der Waals surface area contributed by atoms with Crippen LogP contribution in [0.5, 0.6) is 0 Å². The summed E-state index contributed by atoms with van der Waals surface area (Å²) in [5.74, 6) is -0.0670. The molecule has 0 atom stereocenters. The van der Waals surface area contributed by atoms with Gasteiger partial charge in [0.05, 0.1) is 10.6 Å². The quantitative estimate of drug-likeness (QED) is 0.829. The number of imidazole rings is 1. The number of rotatable bonds is 6. The average Bonchev–Trinajstić information content (AvgIpc) is 2.95. The Bertz CT molecular complexity index is 669. The number of carbonyl (C=O) groups is 1. The summed E-state index contributed by atoms with van der Waals surface area (Å²) in [5, 5.41) is 2.88. The van der Waals surface area contributed by atoms with E-state index in [2.05, 4.69) is 10.3 Å². The van der Waals surface area contributed by atoms with Crippen LogP contribution in [0.15, 0.2) is 24.5 Å². The van der Waals surface area contributed by atoms with Gasteiger partial charge in [-0.15, -0.1) is 0 Å². The summed E-state index contributed by atoms with van der Waals surface area (Å²) in [7, 11) is 0. The fourth-order valence-corrected chi connectivity index (χ4v) is 2.50. The van der Waals surface area contributed by atoms with Gasteiger partial charge in [-0.2, -0.15) is 0 Å². The summed E-state index contributed by atoms with van der Waals surface area (Å²) in [6, 6.07) is 2.81. The highest BCUT2D eigenvalue weighted by molar-refractivity contribution is 6.34. The van der Waals surface area contributed by atoms with E-state index >= 15 is 0 Å². The minimum absolute atomic E-state index is 0.0847. The van der Waals surface area contributed by atoms with Gasteiger partial charge in [0.15, 0.2) is 0 Å². The normalized spacial score (nSPS) is 10.7. The highest BCUT2D eigenvalue weighted by atomic mass is 35.5. The molecule has 1 heterocycles. The summed E-state index contributed by atoms with van der Waals surface area (Å²) in [4.78, 5) is 16.3. The van der Waals surface area contributed by atoms with Crippen LogP contribution in [0.3, 0.4) is 0 Å². The minimum atomic E-state index is -0.601. The minimum Gasteiger partial charge on any atom is -0.352 e. The van der Waals surface area contributed by atoms with Gasteiger partial charge < -0.3 is 9.88 Å². The standard InChI is InChI=1S/C16H19ClFN3O/c1-3-13-19-8-10-21(13)9-4-7-20-16(22)14-12(18)6-5-11(2)15(14)17/h5-6,8,10H,3-4,7,9H2,1-2H3,(H,20,22). The Kier molecular flexibility index (Phi) is 5.55. The van der Waals surface area contributed by atoms with Crippen molar-refractivity contribution in [2.75, 3.05) is 6.54 Å². The lowest BCUT2D eigenvalue weighted by Crippen LogP contribution is -2.26. The third-order valence-electron chi connectivity index (χ3n) is 3.49. The van der Waals surface area contributed by atoms with Crippen LogP contribution in [0.2, 0.25) is 5.02 Å². The number of amides is 1. The monoisotopic (exact) mass is 323 g/mol. The summed E-state index contributed by atoms with van der Waals surface area (Å²) in [5.41, 5.74) is 0.595. The fraction of sp³-hybridized carbons (Fsp3) is 0.375. The van der Waals surface area contributed by atoms with E-state index in [0.717, 1.165) is 25.2 Å². The van der Waals surface area contributed by atoms with Crippen molar-refractivity contribution in [3.8, 4) is 0 Å². The molecule has 0 aliphatic rings. The lowest BCUT2D eigenvalue weighted by Gasteiger charge is -2.10. The molecule has 0 aliphatic heterocycles. The zero-order valence-corrected chi connectivity index (χ0v) is 13.5. The Labute approximate surface area is 134 Å². The van der Waals surface area contributed by atoms with Crippen LogP contribution < -0.4 is 5.32 Å². The topological polar surface area (TPSA) is 46.9 Å². The van der Waals surface area contributed by atoms with Gasteiger partial charge in [-0.05, 0) is 25.0 Å². The number of carbonyl (C=O) groups excluding carboxylic acids is 1. The summed E-state index contributed by atoms with van der Waals surface area (Å²) in [6.07, 6.45) is 5.28. The second-order valence-electron chi connectivity index (χ2n) is 5.05. The Hall–Kier alpha value is -1.88. The number of hydrogen-bond acceptors (Lipinski definition) is 2. The molecule has 0 radical (unpaired) electrons. The molecule has 0 fully saturated rings. The molecule has 22 heavy (non-hydrogen) atoms. The molecular formula is C16H19ClFN3O. The van der Waals surface area contributed by atoms with Gasteiger partial charge in [-0.25, -0.2) is 9.37 Å². The van der Waals surface area contributed by atoms with E-state index < -0.39 is 11.7 Å². The third kappa shape index (κ3) is 3.65. The predicted molar refractivity (Wildman–Crippen MR) is 84.7 cm³/mol. The van der Waals surface area contributed by atoms with Gasteiger partial charge in [-0.3, -0.25) is 4.79 Å². The molecule has 4 nitrogen and oxygen atoms in total. The molecule has 2 rings (SSSR count). The lowest BCUT2D eigenvalue weighted by atomic mass is 10.1. The van der Waals surface area contributed by atoms with Crippen LogP contribution in [-0.4, -0.2) is 22.0 Å². The van der Waals surface area contributed by atoms with E-state index in [1.165, 1.54) is 6.07 Å². The van der Waals surface area contributed by atoms with Crippen molar-refractivity contribution in [3.05, 3.63) is 52.3 Å². The molecule has 0 unspecified atom stereocenters. The van der Waals surface area contributed by atoms with Gasteiger partial charge in [0, 0.05) is 31.9 Å². The van der Waals surface area contributed by atoms with Gasteiger partial charge in [0.1, 0.15) is 11.6 Å². The van der Waals surface area contributed by atoms with Crippen molar-refractivity contribution < 1.29 is 9.18 Å². The van der Waals surface area contributed by atoms with Gasteiger partial charge in [0.25, 0.3) is 5.91 Å². The van der Waals surface area contributed by atoms with E-state index in [0.29, 0.717) is 12.1 Å². The molecule has 6 heteroatoms. The number of benzene rings is 1. The van der Waals surface area contributed by atoms with Crippen LogP contribution in [0.4, 0.5) is 4.39 Å². The number of halogens is 2. The largest absolute Gasteiger partial charge is 0.352 e. The highest BCUT2D eigenvalue weighted by Gasteiger charge is 2.17. The Morgan fingerprint density at radius 1 is 1.45 bits per heavy atom. The first kappa shape index (κ1) is 16.5. The Balaban J connectivity index is 1.90. The maximum absolute atomic E-state index is 13.8. The molecule has 0 bridgehead atoms. The predicted octanol–water partition coefficient (Wildman–Crippen LogP) is 3.37. The van der Waals surface area contributed by atoms with E-state index in [1.807, 2.05) is 17.7 Å². The molecule has 0 aliphatic carbocycles. The van der Waals surface area contributed by atoms with Crippen LogP contribution in [0.25, 0.3) is 0 Å². The molecule has 2 aromatic rings. The molecule has 1 aromatic carbocycles. The number of aryl methyl sites for hydroxylation is 3. The van der Waals surface area contributed by atoms with Crippen molar-refractivity contribution in [1.82, 2.24) is 14.9 Å². The Morgan fingerprint density at radius 3 is 2.95 bits per heavy atom. The second kappa shape index (κ2) is 7.40. The van der Waals surface area contributed by atoms with Crippen molar-refractivity contribution >= 4 is 17.5 Å². The maximum Gasteiger partial charge on any atom is 0.255 e. The molecule has 0 saturated heterocycles. The van der Waals surface area contributed by atoms with Crippen LogP contribution in [0, 0.1) is 12.7 Å². The zero-order valence-electron chi connectivity index (χ0n) is 12.7. The number of aromatic nitrogens is 2. The molecule has 118 valence electrons. The molecule has 1 amide bonds. The zero-order chi connectivity index (χ0) is 16.1. The molecule has 0 spiro atoms. The van der Waals surface area contributed by atoms with Crippen LogP contribution in [-0.2, 0) is 13.0 Å². The lowest BCUT2D eigenvalue weighted by molar-refractivity contribution is 0.0949. The first-order chi connectivity index (χ1) is 10.5. The van der Waals surface area contributed by atoms with Crippen molar-refractivity contribution in [3.63, 3.8) is 0 Å². The summed E-state index contributed by atoms with van der Waals surface area (Å²) in [6.45, 7) is 4.99. The summed E-state index contributed by atoms with van der Waals surface area (Å²) < 4.78 is 15.8. The first-order valence-corrected chi connectivity index (χ1v) is 7.65. The van der Waals surface area contributed by atoms with E-state index in [9.17, 15) is 9.18 Å². The smallest absolute Gasteiger partial charge is 0.255 e. The fourth-order valence-electron chi connectivity index (χ4n) is 2.26. The van der Waals surface area contributed by atoms with Crippen LogP contribution >= 0.6 is 11.6 Å². The Morgan fingerprint density at radius 2 is 2.23 bits per heavy atom. The average molecular weight is 324 g/mol. The van der Waals surface area contributed by atoms with Crippen LogP contribution in [0.1, 0.15) is 35.1 Å². The highest BCUT2D eigenvalue weighted by Crippen LogP contribution is 2.23. The maximum atomic E-state index is 13.8. The van der Waals surface area contributed by atoms with Crippen molar-refractivity contribution in [2.24, 2.45) is 0 Å². The van der Waals surface area contributed by atoms with Gasteiger partial charge >= 0.3 is 0 Å². The summed E-state index contributed by atoms with van der Waals surface area (Å²) >= 11 is 6.01.